The summed E-state index contributed by atoms with van der Waals surface area (Å²) in [6, 6.07) is 10.7. The number of allylic oxidation sites excluding steroid dienone is 1. The maximum absolute atomic E-state index is 13.1. The van der Waals surface area contributed by atoms with Gasteiger partial charge in [-0.25, -0.2) is 0 Å². The number of anilines is 1. The Bertz CT molecular complexity index is 1030. The summed E-state index contributed by atoms with van der Waals surface area (Å²) in [5.74, 6) is 1.86. The Morgan fingerprint density at radius 3 is 2.52 bits per heavy atom. The van der Waals surface area contributed by atoms with Crippen LogP contribution in [0.2, 0.25) is 0 Å². The largest absolute Gasteiger partial charge is 0.477 e. The van der Waals surface area contributed by atoms with Crippen molar-refractivity contribution in [3.05, 3.63) is 58.3 Å². The summed E-state index contributed by atoms with van der Waals surface area (Å²) in [7, 11) is 4.02. The van der Waals surface area contributed by atoms with Crippen LogP contribution in [-0.2, 0) is 6.54 Å². The van der Waals surface area contributed by atoms with Gasteiger partial charge in [0.15, 0.2) is 5.76 Å². The molecule has 2 aromatic carbocycles. The number of carbonyl (C=O) groups is 1. The first kappa shape index (κ1) is 20.1. The normalized spacial score (nSPS) is 20.2. The lowest BCUT2D eigenvalue weighted by atomic mass is 9.93. The first-order chi connectivity index (χ1) is 15.0. The SMILES string of the molecule is Cc1c2c(cc3c1O/C(=C\c1ccc(N(C)C)cc1)C3=O)CN(C1CCCCC1)CO2. The predicted octanol–water partition coefficient (Wildman–Crippen LogP) is 5.16. The van der Waals surface area contributed by atoms with Crippen molar-refractivity contribution in [2.24, 2.45) is 0 Å². The number of fused-ring (bicyclic) bond motifs is 2. The summed E-state index contributed by atoms with van der Waals surface area (Å²) in [6.07, 6.45) is 8.25. The van der Waals surface area contributed by atoms with Crippen LogP contribution in [-0.4, -0.2) is 37.6 Å². The first-order valence-electron chi connectivity index (χ1n) is 11.3. The van der Waals surface area contributed by atoms with Crippen molar-refractivity contribution in [1.29, 1.82) is 0 Å². The quantitative estimate of drug-likeness (QED) is 0.644. The molecular formula is C26H30N2O3. The van der Waals surface area contributed by atoms with Crippen molar-refractivity contribution in [1.82, 2.24) is 4.90 Å². The Hall–Kier alpha value is -2.79. The van der Waals surface area contributed by atoms with Crippen LogP contribution in [0.25, 0.3) is 6.08 Å². The standard InChI is InChI=1S/C26H30N2O3/c1-17-25-19(15-28(16-30-25)21-7-5-4-6-8-21)14-22-24(29)23(31-26(17)22)13-18-9-11-20(12-10-18)27(2)3/h9-14,21H,4-8,15-16H2,1-3H3/b23-13-. The van der Waals surface area contributed by atoms with Gasteiger partial charge in [0.2, 0.25) is 5.78 Å². The Labute approximate surface area is 184 Å². The molecule has 3 aliphatic rings. The third kappa shape index (κ3) is 3.72. The average Bonchev–Trinajstić information content (AvgIpc) is 3.10. The molecule has 5 nitrogen and oxygen atoms in total. The molecule has 2 aliphatic heterocycles. The molecule has 31 heavy (non-hydrogen) atoms. The fourth-order valence-corrected chi connectivity index (χ4v) is 4.97. The predicted molar refractivity (Wildman–Crippen MR) is 123 cm³/mol. The summed E-state index contributed by atoms with van der Waals surface area (Å²) >= 11 is 0. The lowest BCUT2D eigenvalue weighted by Gasteiger charge is -2.37. The van der Waals surface area contributed by atoms with Crippen molar-refractivity contribution in [2.75, 3.05) is 25.7 Å². The lowest BCUT2D eigenvalue weighted by Crippen LogP contribution is -2.41. The zero-order valence-corrected chi connectivity index (χ0v) is 18.6. The van der Waals surface area contributed by atoms with Gasteiger partial charge in [-0.1, -0.05) is 31.4 Å². The van der Waals surface area contributed by atoms with Crippen LogP contribution in [0.3, 0.4) is 0 Å². The van der Waals surface area contributed by atoms with Gasteiger partial charge in [0.1, 0.15) is 18.2 Å². The maximum atomic E-state index is 13.1. The molecule has 162 valence electrons. The van der Waals surface area contributed by atoms with E-state index >= 15 is 0 Å². The van der Waals surface area contributed by atoms with E-state index in [1.807, 2.05) is 57.4 Å². The Kier molecular flexibility index (Phi) is 5.22. The number of Topliss-reactive ketones (excluding diaryl/α,β-unsaturated/α-hetero) is 1. The van der Waals surface area contributed by atoms with Gasteiger partial charge in [0.25, 0.3) is 0 Å². The van der Waals surface area contributed by atoms with Gasteiger partial charge in [-0.05, 0) is 49.6 Å². The number of ketones is 1. The molecule has 0 unspecified atom stereocenters. The van der Waals surface area contributed by atoms with E-state index in [1.54, 1.807) is 0 Å². The minimum Gasteiger partial charge on any atom is -0.477 e. The van der Waals surface area contributed by atoms with Crippen LogP contribution in [0.1, 0.15) is 59.2 Å². The minimum absolute atomic E-state index is 0.0487. The van der Waals surface area contributed by atoms with Crippen LogP contribution in [0.4, 0.5) is 5.69 Å². The van der Waals surface area contributed by atoms with E-state index < -0.39 is 0 Å². The zero-order valence-electron chi connectivity index (χ0n) is 18.6. The molecule has 1 fully saturated rings. The lowest BCUT2D eigenvalue weighted by molar-refractivity contribution is 0.0397. The van der Waals surface area contributed by atoms with Gasteiger partial charge in [0.05, 0.1) is 5.56 Å². The second-order valence-corrected chi connectivity index (χ2v) is 9.10. The van der Waals surface area contributed by atoms with E-state index in [0.29, 0.717) is 29.8 Å². The summed E-state index contributed by atoms with van der Waals surface area (Å²) in [5.41, 5.74) is 4.75. The average molecular weight is 419 g/mol. The molecule has 1 aliphatic carbocycles. The number of carbonyl (C=O) groups excluding carboxylic acids is 1. The number of nitrogens with zero attached hydrogens (tertiary/aromatic N) is 2. The monoisotopic (exact) mass is 418 g/mol. The van der Waals surface area contributed by atoms with Gasteiger partial charge in [-0.15, -0.1) is 0 Å². The Morgan fingerprint density at radius 2 is 1.81 bits per heavy atom. The van der Waals surface area contributed by atoms with Gasteiger partial charge in [-0.3, -0.25) is 9.69 Å². The molecule has 0 spiro atoms. The van der Waals surface area contributed by atoms with Crippen LogP contribution in [0.15, 0.2) is 36.1 Å². The second-order valence-electron chi connectivity index (χ2n) is 9.10. The molecule has 0 atom stereocenters. The zero-order chi connectivity index (χ0) is 21.5. The van der Waals surface area contributed by atoms with Gasteiger partial charge < -0.3 is 14.4 Å². The first-order valence-corrected chi connectivity index (χ1v) is 11.3. The maximum Gasteiger partial charge on any atom is 0.231 e. The highest BCUT2D eigenvalue weighted by atomic mass is 16.5. The molecule has 2 aromatic rings. The highest BCUT2D eigenvalue weighted by molar-refractivity contribution is 6.15. The highest BCUT2D eigenvalue weighted by Crippen LogP contribution is 2.43. The molecule has 5 rings (SSSR count). The number of benzene rings is 2. The van der Waals surface area contributed by atoms with Crippen LogP contribution < -0.4 is 14.4 Å². The van der Waals surface area contributed by atoms with E-state index in [2.05, 4.69) is 9.80 Å². The Morgan fingerprint density at radius 1 is 1.06 bits per heavy atom. The third-order valence-corrected chi connectivity index (χ3v) is 6.76. The van der Waals surface area contributed by atoms with Crippen LogP contribution >= 0.6 is 0 Å². The summed E-state index contributed by atoms with van der Waals surface area (Å²) in [5, 5.41) is 0. The van der Waals surface area contributed by atoms with E-state index in [-0.39, 0.29) is 5.78 Å². The molecule has 0 bridgehead atoms. The van der Waals surface area contributed by atoms with E-state index in [4.69, 9.17) is 9.47 Å². The highest BCUT2D eigenvalue weighted by Gasteiger charge is 2.34. The molecule has 1 saturated carbocycles. The second kappa shape index (κ2) is 8.04. The van der Waals surface area contributed by atoms with Gasteiger partial charge >= 0.3 is 0 Å². The molecular weight excluding hydrogens is 388 g/mol. The number of rotatable bonds is 3. The van der Waals surface area contributed by atoms with Crippen LogP contribution in [0, 0.1) is 6.92 Å². The van der Waals surface area contributed by atoms with Crippen molar-refractivity contribution in [3.63, 3.8) is 0 Å². The van der Waals surface area contributed by atoms with Crippen molar-refractivity contribution in [3.8, 4) is 11.5 Å². The molecule has 5 heteroatoms. The number of hydrogen-bond acceptors (Lipinski definition) is 5. The van der Waals surface area contributed by atoms with E-state index in [9.17, 15) is 4.79 Å². The molecule has 0 amide bonds. The fourth-order valence-electron chi connectivity index (χ4n) is 4.97. The molecule has 0 radical (unpaired) electrons. The number of ether oxygens (including phenoxy) is 2. The van der Waals surface area contributed by atoms with E-state index in [0.717, 1.165) is 34.7 Å². The molecule has 0 saturated heterocycles. The smallest absolute Gasteiger partial charge is 0.231 e. The van der Waals surface area contributed by atoms with Gasteiger partial charge in [-0.2, -0.15) is 0 Å². The number of hydrogen-bond donors (Lipinski definition) is 0. The van der Waals surface area contributed by atoms with Crippen LogP contribution in [0.5, 0.6) is 11.5 Å². The molecule has 2 heterocycles. The Balaban J connectivity index is 1.41. The van der Waals surface area contributed by atoms with Crippen molar-refractivity contribution >= 4 is 17.5 Å². The van der Waals surface area contributed by atoms with Crippen molar-refractivity contribution in [2.45, 2.75) is 51.6 Å². The summed E-state index contributed by atoms with van der Waals surface area (Å²) in [6.45, 7) is 3.45. The minimum atomic E-state index is -0.0487. The topological polar surface area (TPSA) is 42.0 Å². The molecule has 0 aromatic heterocycles. The summed E-state index contributed by atoms with van der Waals surface area (Å²) in [4.78, 5) is 17.6. The molecule has 0 N–H and O–H groups in total. The fraction of sp³-hybridized carbons (Fsp3) is 0.423. The third-order valence-electron chi connectivity index (χ3n) is 6.76. The van der Waals surface area contributed by atoms with Gasteiger partial charge in [0, 0.05) is 43.5 Å². The van der Waals surface area contributed by atoms with Crippen molar-refractivity contribution < 1.29 is 14.3 Å². The van der Waals surface area contributed by atoms with E-state index in [1.165, 1.54) is 32.1 Å². The summed E-state index contributed by atoms with van der Waals surface area (Å²) < 4.78 is 12.2.